The molecule has 2 N–H and O–H groups in total. The minimum atomic E-state index is 0.473. The molecule has 0 unspecified atom stereocenters. The van der Waals surface area contributed by atoms with Gasteiger partial charge in [-0.3, -0.25) is 10.4 Å². The summed E-state index contributed by atoms with van der Waals surface area (Å²) >= 11 is 5.20. The van der Waals surface area contributed by atoms with Crippen LogP contribution < -0.4 is 10.7 Å². The summed E-state index contributed by atoms with van der Waals surface area (Å²) in [6.07, 6.45) is 5.29. The van der Waals surface area contributed by atoms with Crippen LogP contribution >= 0.6 is 12.2 Å². The maximum atomic E-state index is 5.20. The van der Waals surface area contributed by atoms with E-state index in [9.17, 15) is 0 Å². The second kappa shape index (κ2) is 8.70. The Bertz CT molecular complexity index is 831. The summed E-state index contributed by atoms with van der Waals surface area (Å²) in [6, 6.07) is 22.4. The molecular weight excluding hydrogens is 328 g/mol. The molecule has 1 heterocycles. The number of nitrogens with zero attached hydrogens (tertiary/aromatic N) is 2. The predicted octanol–water partition coefficient (Wildman–Crippen LogP) is 3.75. The summed E-state index contributed by atoms with van der Waals surface area (Å²) in [6.45, 7) is 0.612. The normalized spacial score (nSPS) is 10.6. The number of aromatic nitrogens is 1. The third-order valence-corrected chi connectivity index (χ3v) is 3.81. The molecule has 0 aliphatic rings. The number of pyridine rings is 1. The highest BCUT2D eigenvalue weighted by Gasteiger charge is 1.97. The van der Waals surface area contributed by atoms with Crippen LogP contribution in [0, 0.1) is 0 Å². The van der Waals surface area contributed by atoms with E-state index in [1.165, 1.54) is 11.1 Å². The van der Waals surface area contributed by atoms with Gasteiger partial charge in [0.05, 0.1) is 6.21 Å². The lowest BCUT2D eigenvalue weighted by Crippen LogP contribution is -2.31. The molecule has 2 aromatic carbocycles. The summed E-state index contributed by atoms with van der Waals surface area (Å²) in [5.74, 6) is 0. The average molecular weight is 346 g/mol. The summed E-state index contributed by atoms with van der Waals surface area (Å²) in [5, 5.41) is 7.72. The predicted molar refractivity (Wildman–Crippen MR) is 106 cm³/mol. The number of benzene rings is 2. The highest BCUT2D eigenvalue weighted by molar-refractivity contribution is 7.80. The van der Waals surface area contributed by atoms with Crippen molar-refractivity contribution < 1.29 is 0 Å². The highest BCUT2D eigenvalue weighted by atomic mass is 32.1. The van der Waals surface area contributed by atoms with Crippen molar-refractivity contribution in [2.75, 3.05) is 0 Å². The number of hydrogen-bond donors (Lipinski definition) is 2. The number of rotatable bonds is 5. The molecule has 0 spiro atoms. The molecule has 124 valence electrons. The quantitative estimate of drug-likeness (QED) is 0.420. The number of thiocarbonyl (C=S) groups is 1. The van der Waals surface area contributed by atoms with Crippen molar-refractivity contribution in [3.8, 4) is 11.1 Å². The van der Waals surface area contributed by atoms with E-state index in [1.807, 2.05) is 42.5 Å². The van der Waals surface area contributed by atoms with E-state index in [1.54, 1.807) is 18.6 Å². The Morgan fingerprint density at radius 1 is 0.960 bits per heavy atom. The summed E-state index contributed by atoms with van der Waals surface area (Å²) < 4.78 is 0. The van der Waals surface area contributed by atoms with Crippen LogP contribution in [0.4, 0.5) is 0 Å². The summed E-state index contributed by atoms with van der Waals surface area (Å²) in [5.41, 5.74) is 7.26. The standard InChI is InChI=1S/C20H18N4S/c25-20(22-14-17-5-4-12-21-13-17)24-23-15-16-8-10-19(11-9-16)18-6-2-1-3-7-18/h1-13,15H,14H2,(H2,22,24,25)/b23-15+. The first-order chi connectivity index (χ1) is 12.3. The lowest BCUT2D eigenvalue weighted by molar-refractivity contribution is 0.864. The first-order valence-corrected chi connectivity index (χ1v) is 8.33. The van der Waals surface area contributed by atoms with Crippen molar-refractivity contribution in [3.63, 3.8) is 0 Å². The minimum Gasteiger partial charge on any atom is -0.357 e. The van der Waals surface area contributed by atoms with Gasteiger partial charge in [-0.1, -0.05) is 60.7 Å². The lowest BCUT2D eigenvalue weighted by atomic mass is 10.0. The Balaban J connectivity index is 1.49. The zero-order valence-electron chi connectivity index (χ0n) is 13.6. The molecular formula is C20H18N4S. The van der Waals surface area contributed by atoms with E-state index in [2.05, 4.69) is 45.1 Å². The largest absolute Gasteiger partial charge is 0.357 e. The molecule has 3 aromatic rings. The van der Waals surface area contributed by atoms with E-state index in [0.717, 1.165) is 11.1 Å². The minimum absolute atomic E-state index is 0.473. The van der Waals surface area contributed by atoms with Gasteiger partial charge in [0.1, 0.15) is 0 Å². The Morgan fingerprint density at radius 3 is 2.44 bits per heavy atom. The van der Waals surface area contributed by atoms with Gasteiger partial charge >= 0.3 is 0 Å². The summed E-state index contributed by atoms with van der Waals surface area (Å²) in [4.78, 5) is 4.06. The summed E-state index contributed by atoms with van der Waals surface area (Å²) in [7, 11) is 0. The molecule has 0 aliphatic heterocycles. The average Bonchev–Trinajstić information content (AvgIpc) is 2.68. The van der Waals surface area contributed by atoms with E-state index in [4.69, 9.17) is 12.2 Å². The SMILES string of the molecule is S=C(NCc1cccnc1)N/N=C/c1ccc(-c2ccccc2)cc1. The van der Waals surface area contributed by atoms with Crippen molar-refractivity contribution in [2.24, 2.45) is 5.10 Å². The molecule has 4 nitrogen and oxygen atoms in total. The molecule has 0 atom stereocenters. The molecule has 5 heteroatoms. The first kappa shape index (κ1) is 16.8. The van der Waals surface area contributed by atoms with Gasteiger partial charge in [-0.15, -0.1) is 0 Å². The van der Waals surface area contributed by atoms with Crippen molar-refractivity contribution in [1.29, 1.82) is 0 Å². The maximum absolute atomic E-state index is 5.20. The van der Waals surface area contributed by atoms with Crippen molar-refractivity contribution in [2.45, 2.75) is 6.54 Å². The molecule has 0 bridgehead atoms. The van der Waals surface area contributed by atoms with Crippen LogP contribution in [0.3, 0.4) is 0 Å². The van der Waals surface area contributed by atoms with Crippen molar-refractivity contribution >= 4 is 23.5 Å². The lowest BCUT2D eigenvalue weighted by Gasteiger charge is -2.06. The van der Waals surface area contributed by atoms with Crippen LogP contribution in [0.1, 0.15) is 11.1 Å². The van der Waals surface area contributed by atoms with E-state index < -0.39 is 0 Å². The second-order valence-electron chi connectivity index (χ2n) is 5.40. The molecule has 3 rings (SSSR count). The van der Waals surface area contributed by atoms with Gasteiger partial charge in [0, 0.05) is 18.9 Å². The Labute approximate surface area is 152 Å². The van der Waals surface area contributed by atoms with Gasteiger partial charge in [0.15, 0.2) is 5.11 Å². The van der Waals surface area contributed by atoms with Gasteiger partial charge in [0.25, 0.3) is 0 Å². The third-order valence-electron chi connectivity index (χ3n) is 3.57. The van der Waals surface area contributed by atoms with Crippen LogP contribution in [0.25, 0.3) is 11.1 Å². The molecule has 0 radical (unpaired) electrons. The van der Waals surface area contributed by atoms with Gasteiger partial charge in [-0.05, 0) is 40.5 Å². The molecule has 0 saturated heterocycles. The van der Waals surface area contributed by atoms with Gasteiger partial charge in [0.2, 0.25) is 0 Å². The number of nitrogens with one attached hydrogen (secondary N) is 2. The monoisotopic (exact) mass is 346 g/mol. The fourth-order valence-corrected chi connectivity index (χ4v) is 2.41. The molecule has 1 aromatic heterocycles. The van der Waals surface area contributed by atoms with E-state index >= 15 is 0 Å². The van der Waals surface area contributed by atoms with Crippen LogP contribution in [0.5, 0.6) is 0 Å². The smallest absolute Gasteiger partial charge is 0.187 e. The van der Waals surface area contributed by atoms with Crippen molar-refractivity contribution in [1.82, 2.24) is 15.7 Å². The molecule has 25 heavy (non-hydrogen) atoms. The fourth-order valence-electron chi connectivity index (χ4n) is 2.28. The fraction of sp³-hybridized carbons (Fsp3) is 0.0500. The molecule has 0 aliphatic carbocycles. The Kier molecular flexibility index (Phi) is 5.85. The van der Waals surface area contributed by atoms with Crippen LogP contribution in [0.2, 0.25) is 0 Å². The van der Waals surface area contributed by atoms with Gasteiger partial charge in [-0.25, -0.2) is 0 Å². The van der Waals surface area contributed by atoms with E-state index in [0.29, 0.717) is 11.7 Å². The topological polar surface area (TPSA) is 49.3 Å². The van der Waals surface area contributed by atoms with Crippen LogP contribution in [-0.4, -0.2) is 16.3 Å². The van der Waals surface area contributed by atoms with Crippen molar-refractivity contribution in [3.05, 3.63) is 90.3 Å². The zero-order valence-corrected chi connectivity index (χ0v) is 14.4. The molecule has 0 amide bonds. The maximum Gasteiger partial charge on any atom is 0.187 e. The van der Waals surface area contributed by atoms with Gasteiger partial charge in [-0.2, -0.15) is 5.10 Å². The first-order valence-electron chi connectivity index (χ1n) is 7.92. The molecule has 0 fully saturated rings. The van der Waals surface area contributed by atoms with Crippen LogP contribution in [-0.2, 0) is 6.54 Å². The van der Waals surface area contributed by atoms with Crippen LogP contribution in [0.15, 0.2) is 84.2 Å². The zero-order chi connectivity index (χ0) is 17.3. The Hall–Kier alpha value is -3.05. The number of hydrogen-bond acceptors (Lipinski definition) is 3. The van der Waals surface area contributed by atoms with Gasteiger partial charge < -0.3 is 5.32 Å². The second-order valence-corrected chi connectivity index (χ2v) is 5.81. The highest BCUT2D eigenvalue weighted by Crippen LogP contribution is 2.18. The third kappa shape index (κ3) is 5.22. The van der Waals surface area contributed by atoms with E-state index in [-0.39, 0.29) is 0 Å². The Morgan fingerprint density at radius 2 is 1.72 bits per heavy atom. The number of hydrazone groups is 1. The molecule has 0 saturated carbocycles.